The summed E-state index contributed by atoms with van der Waals surface area (Å²) in [6.45, 7) is 2.95. The Labute approximate surface area is 211 Å². The molecule has 1 amide bonds. The number of rotatable bonds is 6. The Morgan fingerprint density at radius 1 is 1.22 bits per heavy atom. The van der Waals surface area contributed by atoms with E-state index in [2.05, 4.69) is 15.3 Å². The van der Waals surface area contributed by atoms with Crippen LogP contribution in [0.4, 0.5) is 19.1 Å². The molecule has 1 aromatic carbocycles. The van der Waals surface area contributed by atoms with E-state index in [4.69, 9.17) is 16.3 Å². The minimum Gasteiger partial charge on any atom is -0.381 e. The van der Waals surface area contributed by atoms with Crippen molar-refractivity contribution in [2.45, 2.75) is 51.0 Å². The molecule has 1 saturated heterocycles. The third-order valence-electron chi connectivity index (χ3n) is 6.27. The number of aromatic nitrogens is 2. The molecule has 1 aromatic heterocycles. The predicted molar refractivity (Wildman–Crippen MR) is 128 cm³/mol. The summed E-state index contributed by atoms with van der Waals surface area (Å²) in [6.07, 6.45) is -1.39. The third-order valence-corrected chi connectivity index (χ3v) is 6.55. The Morgan fingerprint density at radius 3 is 2.64 bits per heavy atom. The van der Waals surface area contributed by atoms with Gasteiger partial charge in [-0.1, -0.05) is 23.7 Å². The molecule has 2 N–H and O–H groups in total. The average Bonchev–Trinajstić information content (AvgIpc) is 2.80. The van der Waals surface area contributed by atoms with E-state index >= 15 is 0 Å². The molecule has 194 valence electrons. The van der Waals surface area contributed by atoms with Crippen molar-refractivity contribution < 1.29 is 27.5 Å². The number of hydrogen-bond acceptors (Lipinski definition) is 7. The molecule has 2 aromatic rings. The summed E-state index contributed by atoms with van der Waals surface area (Å²) in [5, 5.41) is 5.63. The number of carbonyl (C=O) groups is 2. The molecule has 0 unspecified atom stereocenters. The minimum atomic E-state index is -4.59. The number of Topliss-reactive ketones (excluding diaryl/α,β-unsaturated/α-hetero) is 1. The number of hydrogen-bond donors (Lipinski definition) is 2. The molecule has 0 bridgehead atoms. The molecule has 2 aliphatic heterocycles. The lowest BCUT2D eigenvalue weighted by Crippen LogP contribution is -2.56. The van der Waals surface area contributed by atoms with Gasteiger partial charge in [0.2, 0.25) is 11.9 Å². The quantitative estimate of drug-likeness (QED) is 0.591. The Balaban J connectivity index is 1.47. The van der Waals surface area contributed by atoms with E-state index in [0.29, 0.717) is 46.6 Å². The highest BCUT2D eigenvalue weighted by molar-refractivity contribution is 6.33. The SMILES string of the molecule is CC(C)(NC(=O)CN1CC(=O)c2cc(-c3nc(NC4CCOCC4)ncc3Cl)ccc2C1)C(F)(F)F. The van der Waals surface area contributed by atoms with Crippen molar-refractivity contribution in [3.05, 3.63) is 40.5 Å². The summed E-state index contributed by atoms with van der Waals surface area (Å²) in [6, 6.07) is 5.42. The first-order chi connectivity index (χ1) is 16.9. The van der Waals surface area contributed by atoms with Crippen molar-refractivity contribution in [3.63, 3.8) is 0 Å². The molecule has 0 atom stereocenters. The summed E-state index contributed by atoms with van der Waals surface area (Å²) >= 11 is 6.37. The Hall–Kier alpha value is -2.76. The second-order valence-corrected chi connectivity index (χ2v) is 9.94. The van der Waals surface area contributed by atoms with Crippen molar-refractivity contribution in [2.75, 3.05) is 31.6 Å². The maximum absolute atomic E-state index is 13.1. The number of ketones is 1. The average molecular weight is 526 g/mol. The molecule has 0 spiro atoms. The zero-order valence-corrected chi connectivity index (χ0v) is 20.7. The monoisotopic (exact) mass is 525 g/mol. The van der Waals surface area contributed by atoms with Crippen LogP contribution in [0.1, 0.15) is 42.6 Å². The van der Waals surface area contributed by atoms with Gasteiger partial charge in [0, 0.05) is 36.9 Å². The molecule has 0 aliphatic carbocycles. The number of ether oxygens (including phenoxy) is 1. The molecular weight excluding hydrogens is 499 g/mol. The molecule has 3 heterocycles. The van der Waals surface area contributed by atoms with Crippen molar-refractivity contribution in [2.24, 2.45) is 0 Å². The first-order valence-electron chi connectivity index (χ1n) is 11.6. The van der Waals surface area contributed by atoms with Gasteiger partial charge in [-0.2, -0.15) is 13.2 Å². The second-order valence-electron chi connectivity index (χ2n) is 9.53. The highest BCUT2D eigenvalue weighted by Crippen LogP contribution is 2.31. The maximum atomic E-state index is 13.1. The number of amides is 1. The van der Waals surface area contributed by atoms with Gasteiger partial charge in [0.05, 0.1) is 30.0 Å². The van der Waals surface area contributed by atoms with E-state index in [1.165, 1.54) is 11.1 Å². The van der Waals surface area contributed by atoms with Crippen LogP contribution in [0.2, 0.25) is 5.02 Å². The van der Waals surface area contributed by atoms with Crippen LogP contribution in [0.5, 0.6) is 0 Å². The predicted octanol–water partition coefficient (Wildman–Crippen LogP) is 3.84. The molecule has 0 saturated carbocycles. The summed E-state index contributed by atoms with van der Waals surface area (Å²) in [4.78, 5) is 35.4. The van der Waals surface area contributed by atoms with Gasteiger partial charge in [-0.3, -0.25) is 14.5 Å². The van der Waals surface area contributed by atoms with Crippen LogP contribution in [0.3, 0.4) is 0 Å². The lowest BCUT2D eigenvalue weighted by Gasteiger charge is -2.31. The van der Waals surface area contributed by atoms with Crippen LogP contribution in [0.25, 0.3) is 11.3 Å². The lowest BCUT2D eigenvalue weighted by atomic mass is 9.95. The number of fused-ring (bicyclic) bond motifs is 1. The lowest BCUT2D eigenvalue weighted by molar-refractivity contribution is -0.188. The normalized spacial score (nSPS) is 17.6. The summed E-state index contributed by atoms with van der Waals surface area (Å²) in [7, 11) is 0. The van der Waals surface area contributed by atoms with Gasteiger partial charge in [0.15, 0.2) is 5.78 Å². The zero-order valence-electron chi connectivity index (χ0n) is 19.9. The number of nitrogens with zero attached hydrogens (tertiary/aromatic N) is 3. The van der Waals surface area contributed by atoms with Crippen LogP contribution in [-0.4, -0.2) is 70.6 Å². The van der Waals surface area contributed by atoms with E-state index in [0.717, 1.165) is 26.7 Å². The first-order valence-corrected chi connectivity index (χ1v) is 11.9. The van der Waals surface area contributed by atoms with E-state index in [9.17, 15) is 22.8 Å². The Morgan fingerprint density at radius 2 is 1.94 bits per heavy atom. The number of anilines is 1. The van der Waals surface area contributed by atoms with E-state index in [-0.39, 0.29) is 31.5 Å². The molecule has 2 aliphatic rings. The van der Waals surface area contributed by atoms with Crippen LogP contribution in [0.15, 0.2) is 24.4 Å². The number of nitrogens with one attached hydrogen (secondary N) is 2. The van der Waals surface area contributed by atoms with Gasteiger partial charge in [0.25, 0.3) is 0 Å². The second kappa shape index (κ2) is 10.3. The van der Waals surface area contributed by atoms with E-state index < -0.39 is 17.6 Å². The molecular formula is C24H27ClF3N5O3. The van der Waals surface area contributed by atoms with Gasteiger partial charge in [-0.15, -0.1) is 0 Å². The van der Waals surface area contributed by atoms with Crippen LogP contribution < -0.4 is 10.6 Å². The van der Waals surface area contributed by atoms with Crippen molar-refractivity contribution >= 4 is 29.2 Å². The fourth-order valence-corrected chi connectivity index (χ4v) is 4.34. The number of carbonyl (C=O) groups excluding carboxylic acids is 2. The molecule has 36 heavy (non-hydrogen) atoms. The smallest absolute Gasteiger partial charge is 0.381 e. The minimum absolute atomic E-state index is 0.0929. The van der Waals surface area contributed by atoms with Crippen molar-refractivity contribution in [1.82, 2.24) is 20.2 Å². The van der Waals surface area contributed by atoms with Gasteiger partial charge in [-0.05, 0) is 38.3 Å². The van der Waals surface area contributed by atoms with Gasteiger partial charge in [-0.25, -0.2) is 9.97 Å². The van der Waals surface area contributed by atoms with E-state index in [1.807, 2.05) is 5.32 Å². The molecule has 8 nitrogen and oxygen atoms in total. The molecule has 12 heteroatoms. The molecule has 1 fully saturated rings. The number of benzene rings is 1. The molecule has 0 radical (unpaired) electrons. The zero-order chi connectivity index (χ0) is 26.1. The summed E-state index contributed by atoms with van der Waals surface area (Å²) < 4.78 is 44.6. The Bertz CT molecular complexity index is 1150. The Kier molecular flexibility index (Phi) is 7.53. The third kappa shape index (κ3) is 5.96. The highest BCUT2D eigenvalue weighted by Gasteiger charge is 2.48. The van der Waals surface area contributed by atoms with Crippen LogP contribution in [0, 0.1) is 0 Å². The van der Waals surface area contributed by atoms with Crippen molar-refractivity contribution in [1.29, 1.82) is 0 Å². The summed E-state index contributed by atoms with van der Waals surface area (Å²) in [5.41, 5.74) is -0.112. The van der Waals surface area contributed by atoms with Gasteiger partial charge in [0.1, 0.15) is 5.54 Å². The van der Waals surface area contributed by atoms with Gasteiger partial charge >= 0.3 is 6.18 Å². The fourth-order valence-electron chi connectivity index (χ4n) is 4.14. The summed E-state index contributed by atoms with van der Waals surface area (Å²) in [5.74, 6) is -0.612. The largest absolute Gasteiger partial charge is 0.410 e. The number of alkyl halides is 3. The first kappa shape index (κ1) is 26.3. The molecule has 4 rings (SSSR count). The standard InChI is InChI=1S/C24H27ClF3N5O3/c1-23(2,24(26,27)28)32-20(35)13-33-11-15-4-3-14(9-17(15)19(34)12-33)21-18(25)10-29-22(31-21)30-16-5-7-36-8-6-16/h3-4,9-10,16H,5-8,11-13H2,1-2H3,(H,32,35)(H,29,30,31). The van der Waals surface area contributed by atoms with Crippen molar-refractivity contribution in [3.8, 4) is 11.3 Å². The number of halogens is 4. The van der Waals surface area contributed by atoms with Crippen LogP contribution in [-0.2, 0) is 16.1 Å². The van der Waals surface area contributed by atoms with E-state index in [1.54, 1.807) is 18.2 Å². The van der Waals surface area contributed by atoms with Crippen LogP contribution >= 0.6 is 11.6 Å². The van der Waals surface area contributed by atoms with Gasteiger partial charge < -0.3 is 15.4 Å². The highest BCUT2D eigenvalue weighted by atomic mass is 35.5. The maximum Gasteiger partial charge on any atom is 0.410 e. The topological polar surface area (TPSA) is 96.5 Å². The fraction of sp³-hybridized carbons (Fsp3) is 0.500.